The summed E-state index contributed by atoms with van der Waals surface area (Å²) in [5.74, 6) is -0.0305. The van der Waals surface area contributed by atoms with Crippen molar-refractivity contribution in [2.24, 2.45) is 0 Å². The van der Waals surface area contributed by atoms with Gasteiger partial charge in [-0.3, -0.25) is 4.79 Å². The first-order valence-electron chi connectivity index (χ1n) is 6.99. The Hall–Kier alpha value is -1.75. The van der Waals surface area contributed by atoms with Crippen LogP contribution in [-0.4, -0.2) is 30.3 Å². The summed E-state index contributed by atoms with van der Waals surface area (Å²) in [4.78, 5) is 10.4. The van der Waals surface area contributed by atoms with Crippen LogP contribution in [0.3, 0.4) is 0 Å². The number of carbonyl (C=O) groups is 1. The second-order valence-corrected chi connectivity index (χ2v) is 4.86. The summed E-state index contributed by atoms with van der Waals surface area (Å²) in [6.07, 6.45) is 1.70. The van der Waals surface area contributed by atoms with Crippen LogP contribution in [0.25, 0.3) is 0 Å². The van der Waals surface area contributed by atoms with E-state index in [2.05, 4.69) is 12.2 Å². The van der Waals surface area contributed by atoms with Gasteiger partial charge in [0.2, 0.25) is 0 Å². The van der Waals surface area contributed by atoms with E-state index in [-0.39, 0.29) is 12.5 Å². The van der Waals surface area contributed by atoms with Crippen LogP contribution in [-0.2, 0) is 11.2 Å². The largest absolute Gasteiger partial charge is 0.492 e. The monoisotopic (exact) mass is 280 g/mol. The van der Waals surface area contributed by atoms with Gasteiger partial charge in [0, 0.05) is 12.5 Å². The van der Waals surface area contributed by atoms with Crippen molar-refractivity contribution in [3.63, 3.8) is 0 Å². The molecule has 0 saturated carbocycles. The molecule has 1 unspecified atom stereocenters. The third kappa shape index (κ3) is 5.93. The molecule has 0 radical (unpaired) electrons. The molecule has 5 heteroatoms. The van der Waals surface area contributed by atoms with Crippen molar-refractivity contribution in [3.05, 3.63) is 23.8 Å². The highest BCUT2D eigenvalue weighted by Crippen LogP contribution is 2.23. The van der Waals surface area contributed by atoms with Crippen LogP contribution >= 0.6 is 0 Å². The fourth-order valence-electron chi connectivity index (χ4n) is 2.03. The predicted molar refractivity (Wildman–Crippen MR) is 80.1 cm³/mol. The molecule has 1 atom stereocenters. The summed E-state index contributed by atoms with van der Waals surface area (Å²) in [7, 11) is 0. The minimum absolute atomic E-state index is 0.204. The molecule has 0 aliphatic rings. The second kappa shape index (κ2) is 8.43. The van der Waals surface area contributed by atoms with Gasteiger partial charge in [0.15, 0.2) is 0 Å². The fourth-order valence-corrected chi connectivity index (χ4v) is 2.03. The molecule has 0 bridgehead atoms. The zero-order valence-corrected chi connectivity index (χ0v) is 12.2. The van der Waals surface area contributed by atoms with Crippen molar-refractivity contribution in [2.75, 3.05) is 18.9 Å². The Kier molecular flexibility index (Phi) is 6.87. The Morgan fingerprint density at radius 2 is 2.25 bits per heavy atom. The van der Waals surface area contributed by atoms with Gasteiger partial charge in [-0.05, 0) is 50.9 Å². The van der Waals surface area contributed by atoms with Crippen molar-refractivity contribution in [1.29, 1.82) is 0 Å². The van der Waals surface area contributed by atoms with Crippen LogP contribution in [0.1, 0.15) is 32.3 Å². The van der Waals surface area contributed by atoms with Crippen molar-refractivity contribution >= 4 is 11.7 Å². The number of nitrogen functional groups attached to an aromatic ring is 1. The summed E-state index contributed by atoms with van der Waals surface area (Å²) in [6, 6.07) is 6.11. The lowest BCUT2D eigenvalue weighted by Gasteiger charge is -2.15. The number of ether oxygens (including phenoxy) is 1. The molecule has 5 nitrogen and oxygen atoms in total. The normalized spacial score (nSPS) is 12.1. The van der Waals surface area contributed by atoms with Gasteiger partial charge in [-0.15, -0.1) is 0 Å². The van der Waals surface area contributed by atoms with Gasteiger partial charge in [0.05, 0.1) is 12.3 Å². The number of nitrogens with two attached hydrogens (primary N) is 1. The van der Waals surface area contributed by atoms with Crippen molar-refractivity contribution in [2.45, 2.75) is 39.2 Å². The van der Waals surface area contributed by atoms with E-state index in [1.54, 1.807) is 0 Å². The minimum atomic E-state index is -0.751. The molecule has 0 spiro atoms. The highest BCUT2D eigenvalue weighted by atomic mass is 16.5. The highest BCUT2D eigenvalue weighted by molar-refractivity contribution is 5.66. The van der Waals surface area contributed by atoms with E-state index in [0.717, 1.165) is 17.7 Å². The zero-order valence-electron chi connectivity index (χ0n) is 12.2. The standard InChI is InChI=1S/C15H24N2O3/c1-3-20-14-7-6-12(10-13(14)16)9-11(2)17-8-4-5-15(18)19/h6-7,10-11,17H,3-5,8-9,16H2,1-2H3,(H,18,19). The molecule has 0 aliphatic heterocycles. The lowest BCUT2D eigenvalue weighted by molar-refractivity contribution is -0.137. The maximum absolute atomic E-state index is 10.4. The van der Waals surface area contributed by atoms with E-state index in [9.17, 15) is 4.79 Å². The van der Waals surface area contributed by atoms with E-state index in [1.807, 2.05) is 25.1 Å². The molecule has 112 valence electrons. The summed E-state index contributed by atoms with van der Waals surface area (Å²) in [5.41, 5.74) is 7.73. The molecule has 0 fully saturated rings. The fraction of sp³-hybridized carbons (Fsp3) is 0.533. The van der Waals surface area contributed by atoms with Gasteiger partial charge in [0.25, 0.3) is 0 Å². The Balaban J connectivity index is 2.39. The maximum Gasteiger partial charge on any atom is 0.303 e. The lowest BCUT2D eigenvalue weighted by Crippen LogP contribution is -2.29. The van der Waals surface area contributed by atoms with Gasteiger partial charge in [0.1, 0.15) is 5.75 Å². The molecule has 0 aliphatic carbocycles. The van der Waals surface area contributed by atoms with Gasteiger partial charge in [-0.1, -0.05) is 6.07 Å². The quantitative estimate of drug-likeness (QED) is 0.476. The van der Waals surface area contributed by atoms with Crippen LogP contribution in [0, 0.1) is 0 Å². The van der Waals surface area contributed by atoms with E-state index in [1.165, 1.54) is 0 Å². The van der Waals surface area contributed by atoms with Crippen molar-refractivity contribution in [1.82, 2.24) is 5.32 Å². The third-order valence-electron chi connectivity index (χ3n) is 2.98. The summed E-state index contributed by atoms with van der Waals surface area (Å²) in [5, 5.41) is 11.9. The van der Waals surface area contributed by atoms with Gasteiger partial charge in [-0.25, -0.2) is 0 Å². The Bertz CT molecular complexity index is 435. The van der Waals surface area contributed by atoms with Gasteiger partial charge >= 0.3 is 5.97 Å². The SMILES string of the molecule is CCOc1ccc(CC(C)NCCCC(=O)O)cc1N. The van der Waals surface area contributed by atoms with E-state index >= 15 is 0 Å². The number of nitrogens with one attached hydrogen (secondary N) is 1. The van der Waals surface area contributed by atoms with Crippen LogP contribution in [0.2, 0.25) is 0 Å². The number of benzene rings is 1. The van der Waals surface area contributed by atoms with Crippen molar-refractivity contribution < 1.29 is 14.6 Å². The predicted octanol–water partition coefficient (Wildman–Crippen LogP) is 2.05. The Morgan fingerprint density at radius 1 is 1.50 bits per heavy atom. The molecule has 20 heavy (non-hydrogen) atoms. The first kappa shape index (κ1) is 16.3. The van der Waals surface area contributed by atoms with Crippen LogP contribution < -0.4 is 15.8 Å². The van der Waals surface area contributed by atoms with Gasteiger partial charge in [-0.2, -0.15) is 0 Å². The Labute approximate surface area is 120 Å². The number of carboxylic acid groups (broad SMARTS) is 1. The molecule has 0 saturated heterocycles. The molecular formula is C15H24N2O3. The first-order chi connectivity index (χ1) is 9.52. The van der Waals surface area contributed by atoms with Gasteiger partial charge < -0.3 is 20.9 Å². The number of hydrogen-bond acceptors (Lipinski definition) is 4. The molecular weight excluding hydrogens is 256 g/mol. The van der Waals surface area contributed by atoms with Crippen LogP contribution in [0.15, 0.2) is 18.2 Å². The minimum Gasteiger partial charge on any atom is -0.492 e. The number of aliphatic carboxylic acids is 1. The smallest absolute Gasteiger partial charge is 0.303 e. The summed E-state index contributed by atoms with van der Waals surface area (Å²) in [6.45, 7) is 5.31. The number of rotatable bonds is 9. The summed E-state index contributed by atoms with van der Waals surface area (Å²) < 4.78 is 5.40. The highest BCUT2D eigenvalue weighted by Gasteiger charge is 2.06. The second-order valence-electron chi connectivity index (χ2n) is 4.86. The number of carboxylic acids is 1. The van der Waals surface area contributed by atoms with E-state index in [4.69, 9.17) is 15.6 Å². The van der Waals surface area contributed by atoms with Crippen LogP contribution in [0.4, 0.5) is 5.69 Å². The molecule has 4 N–H and O–H groups in total. The number of anilines is 1. The molecule has 1 aromatic carbocycles. The summed E-state index contributed by atoms with van der Waals surface area (Å²) >= 11 is 0. The molecule has 1 aromatic rings. The molecule has 0 aromatic heterocycles. The van der Waals surface area contributed by atoms with E-state index in [0.29, 0.717) is 25.3 Å². The molecule has 1 rings (SSSR count). The average molecular weight is 280 g/mol. The zero-order chi connectivity index (χ0) is 15.0. The van der Waals surface area contributed by atoms with E-state index < -0.39 is 5.97 Å². The molecule has 0 amide bonds. The lowest BCUT2D eigenvalue weighted by atomic mass is 10.1. The molecule has 0 heterocycles. The third-order valence-corrected chi connectivity index (χ3v) is 2.98. The van der Waals surface area contributed by atoms with Crippen LogP contribution in [0.5, 0.6) is 5.75 Å². The Morgan fingerprint density at radius 3 is 2.85 bits per heavy atom. The average Bonchev–Trinajstić information content (AvgIpc) is 2.38. The topological polar surface area (TPSA) is 84.6 Å². The maximum atomic E-state index is 10.4. The number of hydrogen-bond donors (Lipinski definition) is 3. The van der Waals surface area contributed by atoms with Crippen molar-refractivity contribution in [3.8, 4) is 5.75 Å². The first-order valence-corrected chi connectivity index (χ1v) is 6.99.